The number of nitrogens with zero attached hydrogens (tertiary/aromatic N) is 6. The first-order valence-electron chi connectivity index (χ1n) is 14.2. The monoisotopic (exact) mass is 680 g/mol. The Morgan fingerprint density at radius 1 is 0.711 bits per heavy atom. The van der Waals surface area contributed by atoms with Gasteiger partial charge in [0.15, 0.2) is 5.82 Å². The van der Waals surface area contributed by atoms with Gasteiger partial charge in [-0.15, -0.1) is 0 Å². The van der Waals surface area contributed by atoms with Crippen molar-refractivity contribution in [3.8, 4) is 11.5 Å². The molecule has 2 aromatic carbocycles. The van der Waals surface area contributed by atoms with Crippen molar-refractivity contribution in [2.24, 2.45) is 0 Å². The molecule has 1 aromatic heterocycles. The normalized spacial score (nSPS) is 16.8. The fourth-order valence-corrected chi connectivity index (χ4v) is 7.07. The molecule has 2 aliphatic heterocycles. The summed E-state index contributed by atoms with van der Waals surface area (Å²) in [5.41, 5.74) is 3.11. The standard InChI is InChI=1S/C28H37ClN8O6S2/c1-42-25-17-20(34-9-13-36(14-10-34)44(3,38)39)5-7-23(25)31-27-22(29)19-30-28(33-27)32-24-8-6-21(18-26(24)43-2)35-11-15-37(16-12-35)45(4,40)41/h5-8,17-19H,9-16H2,1-4H3,(H2,30,31,32,33). The molecule has 45 heavy (non-hydrogen) atoms. The Balaban J connectivity index is 1.28. The number of sulfonamides is 2. The largest absolute Gasteiger partial charge is 0.494 e. The summed E-state index contributed by atoms with van der Waals surface area (Å²) in [5.74, 6) is 1.79. The van der Waals surface area contributed by atoms with Crippen LogP contribution < -0.4 is 29.9 Å². The molecule has 0 atom stereocenters. The van der Waals surface area contributed by atoms with Crippen LogP contribution in [0, 0.1) is 0 Å². The van der Waals surface area contributed by atoms with Crippen LogP contribution in [-0.2, 0) is 20.0 Å². The Morgan fingerprint density at radius 3 is 1.58 bits per heavy atom. The zero-order chi connectivity index (χ0) is 32.4. The van der Waals surface area contributed by atoms with E-state index < -0.39 is 20.0 Å². The van der Waals surface area contributed by atoms with Gasteiger partial charge in [0.1, 0.15) is 16.5 Å². The minimum Gasteiger partial charge on any atom is -0.494 e. The summed E-state index contributed by atoms with van der Waals surface area (Å²) < 4.78 is 61.7. The zero-order valence-electron chi connectivity index (χ0n) is 25.5. The van der Waals surface area contributed by atoms with Gasteiger partial charge in [0.05, 0.1) is 44.3 Å². The molecule has 0 unspecified atom stereocenters. The van der Waals surface area contributed by atoms with Gasteiger partial charge in [-0.3, -0.25) is 0 Å². The number of hydrogen-bond donors (Lipinski definition) is 2. The van der Waals surface area contributed by atoms with Crippen molar-refractivity contribution in [2.45, 2.75) is 0 Å². The Labute approximate surface area is 269 Å². The van der Waals surface area contributed by atoms with E-state index in [1.165, 1.54) is 27.3 Å². The molecule has 2 N–H and O–H groups in total. The van der Waals surface area contributed by atoms with Crippen LogP contribution in [-0.4, -0.2) is 115 Å². The highest BCUT2D eigenvalue weighted by molar-refractivity contribution is 7.88. The molecule has 0 amide bonds. The van der Waals surface area contributed by atoms with E-state index in [9.17, 15) is 16.8 Å². The van der Waals surface area contributed by atoms with Crippen molar-refractivity contribution < 1.29 is 26.3 Å². The van der Waals surface area contributed by atoms with E-state index in [4.69, 9.17) is 21.1 Å². The molecule has 14 nitrogen and oxygen atoms in total. The average molecular weight is 681 g/mol. The third kappa shape index (κ3) is 7.81. The highest BCUT2D eigenvalue weighted by atomic mass is 35.5. The zero-order valence-corrected chi connectivity index (χ0v) is 27.9. The van der Waals surface area contributed by atoms with E-state index in [-0.39, 0.29) is 5.95 Å². The smallest absolute Gasteiger partial charge is 0.229 e. The lowest BCUT2D eigenvalue weighted by molar-refractivity contribution is 0.387. The molecule has 2 aliphatic rings. The number of benzene rings is 2. The molecular formula is C28H37ClN8O6S2. The average Bonchev–Trinajstić information content (AvgIpc) is 3.02. The molecule has 3 heterocycles. The second-order valence-electron chi connectivity index (χ2n) is 10.7. The second kappa shape index (κ2) is 13.4. The number of halogens is 1. The van der Waals surface area contributed by atoms with E-state index in [2.05, 4.69) is 30.4 Å². The van der Waals surface area contributed by atoms with Gasteiger partial charge < -0.3 is 29.9 Å². The molecule has 2 fully saturated rings. The minimum absolute atomic E-state index is 0.286. The van der Waals surface area contributed by atoms with Crippen LogP contribution in [0.25, 0.3) is 0 Å². The van der Waals surface area contributed by atoms with E-state index in [0.717, 1.165) is 11.4 Å². The highest BCUT2D eigenvalue weighted by Gasteiger charge is 2.25. The van der Waals surface area contributed by atoms with Crippen molar-refractivity contribution in [3.63, 3.8) is 0 Å². The van der Waals surface area contributed by atoms with Crippen LogP contribution in [0.1, 0.15) is 0 Å². The molecule has 0 saturated carbocycles. The number of methoxy groups -OCH3 is 2. The van der Waals surface area contributed by atoms with Gasteiger partial charge in [-0.1, -0.05) is 11.6 Å². The van der Waals surface area contributed by atoms with E-state index in [1.807, 2.05) is 36.4 Å². The Kier molecular flexibility index (Phi) is 9.79. The maximum atomic E-state index is 11.9. The van der Waals surface area contributed by atoms with Crippen molar-refractivity contribution in [1.82, 2.24) is 18.6 Å². The van der Waals surface area contributed by atoms with Gasteiger partial charge in [-0.25, -0.2) is 21.8 Å². The topological polar surface area (TPSA) is 150 Å². The Morgan fingerprint density at radius 2 is 1.16 bits per heavy atom. The van der Waals surface area contributed by atoms with Crippen LogP contribution in [0.3, 0.4) is 0 Å². The molecule has 0 spiro atoms. The quantitative estimate of drug-likeness (QED) is 0.324. The van der Waals surface area contributed by atoms with Crippen LogP contribution in [0.4, 0.5) is 34.5 Å². The Hall–Kier alpha value is -3.57. The molecular weight excluding hydrogens is 644 g/mol. The fraction of sp³-hybridized carbons (Fsp3) is 0.429. The van der Waals surface area contributed by atoms with Gasteiger partial charge in [0.2, 0.25) is 26.0 Å². The summed E-state index contributed by atoms with van der Waals surface area (Å²) in [6.45, 7) is 3.97. The summed E-state index contributed by atoms with van der Waals surface area (Å²) in [5, 5.41) is 6.73. The van der Waals surface area contributed by atoms with Crippen molar-refractivity contribution in [2.75, 3.05) is 99.5 Å². The summed E-state index contributed by atoms with van der Waals surface area (Å²) in [6.07, 6.45) is 3.95. The van der Waals surface area contributed by atoms with E-state index >= 15 is 0 Å². The van der Waals surface area contributed by atoms with E-state index in [1.54, 1.807) is 14.2 Å². The maximum Gasteiger partial charge on any atom is 0.229 e. The van der Waals surface area contributed by atoms with Gasteiger partial charge in [0.25, 0.3) is 0 Å². The molecule has 17 heteroatoms. The minimum atomic E-state index is -3.21. The van der Waals surface area contributed by atoms with Crippen LogP contribution in [0.2, 0.25) is 5.02 Å². The van der Waals surface area contributed by atoms with Crippen molar-refractivity contribution >= 4 is 66.2 Å². The number of hydrogen-bond acceptors (Lipinski definition) is 12. The lowest BCUT2D eigenvalue weighted by Crippen LogP contribution is -2.48. The third-order valence-corrected chi connectivity index (χ3v) is 10.6. The molecule has 0 aliphatic carbocycles. The van der Waals surface area contributed by atoms with Crippen LogP contribution in [0.5, 0.6) is 11.5 Å². The number of rotatable bonds is 10. The third-order valence-electron chi connectivity index (χ3n) is 7.76. The number of nitrogens with one attached hydrogen (secondary N) is 2. The van der Waals surface area contributed by atoms with Gasteiger partial charge in [-0.05, 0) is 24.3 Å². The number of piperazine rings is 2. The Bertz CT molecular complexity index is 1750. The first kappa shape index (κ1) is 32.8. The SMILES string of the molecule is COc1cc(N2CCN(S(C)(=O)=O)CC2)ccc1Nc1ncc(Cl)c(Nc2ccc(N3CCN(S(C)(=O)=O)CC3)cc2OC)n1. The maximum absolute atomic E-state index is 11.9. The van der Waals surface area contributed by atoms with Gasteiger partial charge >= 0.3 is 0 Å². The molecule has 244 valence electrons. The molecule has 5 rings (SSSR count). The van der Waals surface area contributed by atoms with Crippen molar-refractivity contribution in [3.05, 3.63) is 47.6 Å². The number of ether oxygens (including phenoxy) is 2. The van der Waals surface area contributed by atoms with Gasteiger partial charge in [-0.2, -0.15) is 13.6 Å². The first-order chi connectivity index (χ1) is 21.4. The number of aromatic nitrogens is 2. The predicted molar refractivity (Wildman–Crippen MR) is 177 cm³/mol. The molecule has 0 bridgehead atoms. The lowest BCUT2D eigenvalue weighted by Gasteiger charge is -2.35. The lowest BCUT2D eigenvalue weighted by atomic mass is 10.2. The molecule has 0 radical (unpaired) electrons. The second-order valence-corrected chi connectivity index (χ2v) is 15.1. The summed E-state index contributed by atoms with van der Waals surface area (Å²) in [4.78, 5) is 13.1. The fourth-order valence-electron chi connectivity index (χ4n) is 5.28. The first-order valence-corrected chi connectivity index (χ1v) is 18.3. The molecule has 2 saturated heterocycles. The summed E-state index contributed by atoms with van der Waals surface area (Å²) >= 11 is 6.46. The molecule has 3 aromatic rings. The van der Waals surface area contributed by atoms with Gasteiger partial charge in [0, 0.05) is 75.9 Å². The van der Waals surface area contributed by atoms with Crippen LogP contribution >= 0.6 is 11.6 Å². The van der Waals surface area contributed by atoms with Crippen molar-refractivity contribution in [1.29, 1.82) is 0 Å². The predicted octanol–water partition coefficient (Wildman–Crippen LogP) is 2.80. The summed E-state index contributed by atoms with van der Waals surface area (Å²) in [7, 11) is -3.28. The van der Waals surface area contributed by atoms with Crippen LogP contribution in [0.15, 0.2) is 42.6 Å². The summed E-state index contributed by atoms with van der Waals surface area (Å²) in [6, 6.07) is 11.4. The highest BCUT2D eigenvalue weighted by Crippen LogP contribution is 2.36. The van der Waals surface area contributed by atoms with E-state index in [0.29, 0.717) is 86.1 Å². The number of anilines is 6.